The summed E-state index contributed by atoms with van der Waals surface area (Å²) < 4.78 is -0.183. The van der Waals surface area contributed by atoms with Crippen molar-refractivity contribution in [1.82, 2.24) is 4.98 Å². The fraction of sp³-hybridized carbons (Fsp3) is 0. The lowest BCUT2D eigenvalue weighted by Gasteiger charge is -1.80. The van der Waals surface area contributed by atoms with E-state index in [4.69, 9.17) is 5.11 Å². The molecule has 1 rings (SSSR count). The lowest BCUT2D eigenvalue weighted by molar-refractivity contribution is 0.454. The van der Waals surface area contributed by atoms with Crippen molar-refractivity contribution in [3.8, 4) is 5.88 Å². The van der Waals surface area contributed by atoms with Crippen molar-refractivity contribution in [2.45, 2.75) is 0 Å². The first kappa shape index (κ1) is 5.24. The first-order chi connectivity index (χ1) is 3.79. The molecule has 8 heavy (non-hydrogen) atoms. The van der Waals surface area contributed by atoms with Crippen LogP contribution in [0.15, 0.2) is 16.4 Å². The van der Waals surface area contributed by atoms with E-state index in [1.54, 1.807) is 0 Å². The van der Waals surface area contributed by atoms with Gasteiger partial charge in [-0.05, 0) is 0 Å². The van der Waals surface area contributed by atoms with Crippen molar-refractivity contribution in [1.29, 1.82) is 0 Å². The summed E-state index contributed by atoms with van der Waals surface area (Å²) in [6.07, 6.45) is 0. The molecule has 1 aromatic rings. The summed E-state index contributed by atoms with van der Waals surface area (Å²) in [5, 5.41) is 8.51. The van der Waals surface area contributed by atoms with Crippen LogP contribution in [0.2, 0.25) is 0 Å². The van der Waals surface area contributed by atoms with Crippen molar-refractivity contribution in [2.24, 2.45) is 0 Å². The van der Waals surface area contributed by atoms with Gasteiger partial charge in [-0.3, -0.25) is 4.79 Å². The largest absolute Gasteiger partial charge is 0.493 e. The molecule has 0 saturated carbocycles. The zero-order chi connectivity index (χ0) is 5.98. The van der Waals surface area contributed by atoms with Crippen LogP contribution in [0.3, 0.4) is 0 Å². The maximum absolute atomic E-state index is 10.3. The third kappa shape index (κ3) is 1.04. The summed E-state index contributed by atoms with van der Waals surface area (Å²) in [6, 6.07) is 1.07. The SMILES string of the molecule is O=c1cc(O)ncs1. The van der Waals surface area contributed by atoms with Gasteiger partial charge in [-0.1, -0.05) is 11.3 Å². The van der Waals surface area contributed by atoms with E-state index < -0.39 is 0 Å². The van der Waals surface area contributed by atoms with Crippen LogP contribution in [-0.4, -0.2) is 10.1 Å². The zero-order valence-corrected chi connectivity index (χ0v) is 4.68. The van der Waals surface area contributed by atoms with Gasteiger partial charge in [0, 0.05) is 0 Å². The number of hydrogen-bond acceptors (Lipinski definition) is 4. The predicted molar refractivity (Wildman–Crippen MR) is 30.0 cm³/mol. The highest BCUT2D eigenvalue weighted by molar-refractivity contribution is 7.06. The number of nitrogens with zero attached hydrogens (tertiary/aromatic N) is 1. The van der Waals surface area contributed by atoms with E-state index in [1.165, 1.54) is 5.51 Å². The Bertz CT molecular complexity index is 231. The quantitative estimate of drug-likeness (QED) is 0.544. The Labute approximate surface area is 49.3 Å². The first-order valence-corrected chi connectivity index (χ1v) is 2.81. The van der Waals surface area contributed by atoms with Gasteiger partial charge in [-0.2, -0.15) is 0 Å². The highest BCUT2D eigenvalue weighted by Crippen LogP contribution is 1.95. The van der Waals surface area contributed by atoms with Gasteiger partial charge < -0.3 is 5.11 Å². The smallest absolute Gasteiger partial charge is 0.239 e. The Hall–Kier alpha value is -0.900. The zero-order valence-electron chi connectivity index (χ0n) is 3.87. The molecule has 1 N–H and O–H groups in total. The molecule has 0 aliphatic rings. The topological polar surface area (TPSA) is 50.2 Å². The molecule has 0 atom stereocenters. The van der Waals surface area contributed by atoms with E-state index >= 15 is 0 Å². The normalized spacial score (nSPS) is 9.00. The van der Waals surface area contributed by atoms with Crippen LogP contribution < -0.4 is 4.74 Å². The molecule has 0 radical (unpaired) electrons. The summed E-state index contributed by atoms with van der Waals surface area (Å²) >= 11 is 0.955. The maximum Gasteiger partial charge on any atom is 0.239 e. The van der Waals surface area contributed by atoms with Gasteiger partial charge in [0.15, 0.2) is 0 Å². The highest BCUT2D eigenvalue weighted by atomic mass is 32.1. The Kier molecular flexibility index (Phi) is 1.26. The maximum atomic E-state index is 10.3. The molecular weight excluding hydrogens is 126 g/mol. The molecule has 1 heterocycles. The van der Waals surface area contributed by atoms with Crippen LogP contribution in [0.1, 0.15) is 0 Å². The van der Waals surface area contributed by atoms with Crippen molar-refractivity contribution in [2.75, 3.05) is 0 Å². The minimum absolute atomic E-state index is 0.183. The number of hydrogen-bond donors (Lipinski definition) is 1. The molecular formula is C4H3NO2S. The third-order valence-electron chi connectivity index (χ3n) is 0.601. The fourth-order valence-corrected chi connectivity index (χ4v) is 0.747. The molecule has 3 nitrogen and oxygen atoms in total. The van der Waals surface area contributed by atoms with E-state index in [2.05, 4.69) is 4.98 Å². The minimum atomic E-state index is -0.214. The number of rotatable bonds is 0. The summed E-state index contributed by atoms with van der Waals surface area (Å²) in [7, 11) is 0. The van der Waals surface area contributed by atoms with E-state index in [0.717, 1.165) is 17.4 Å². The molecule has 0 saturated heterocycles. The molecule has 42 valence electrons. The summed E-state index contributed by atoms with van der Waals surface area (Å²) in [5.41, 5.74) is 1.30. The molecule has 0 fully saturated rings. The molecule has 4 heteroatoms. The van der Waals surface area contributed by atoms with Gasteiger partial charge >= 0.3 is 0 Å². The summed E-state index contributed by atoms with van der Waals surface area (Å²) in [6.45, 7) is 0. The molecule has 0 amide bonds. The first-order valence-electron chi connectivity index (χ1n) is 1.93. The number of aromatic hydroxyl groups is 1. The standard InChI is InChI=1S/C4H3NO2S/c6-3-1-4(7)8-2-5-3/h1-2,6H. The number of aromatic nitrogens is 1. The molecule has 0 aliphatic carbocycles. The van der Waals surface area contributed by atoms with Crippen molar-refractivity contribution in [3.63, 3.8) is 0 Å². The van der Waals surface area contributed by atoms with Crippen molar-refractivity contribution in [3.05, 3.63) is 21.1 Å². The van der Waals surface area contributed by atoms with Gasteiger partial charge in [0.05, 0.1) is 11.6 Å². The van der Waals surface area contributed by atoms with Crippen LogP contribution in [0.4, 0.5) is 0 Å². The second-order valence-corrected chi connectivity index (χ2v) is 2.02. The lowest BCUT2D eigenvalue weighted by atomic mass is 10.7. The molecule has 1 aromatic heterocycles. The van der Waals surface area contributed by atoms with Gasteiger partial charge in [0.2, 0.25) is 10.6 Å². The second-order valence-electron chi connectivity index (χ2n) is 1.17. The Morgan fingerprint density at radius 3 is 2.88 bits per heavy atom. The fourth-order valence-electron chi connectivity index (χ4n) is 0.309. The van der Waals surface area contributed by atoms with E-state index in [1.807, 2.05) is 0 Å². The lowest BCUT2D eigenvalue weighted by Crippen LogP contribution is -1.89. The second kappa shape index (κ2) is 1.92. The summed E-state index contributed by atoms with van der Waals surface area (Å²) in [5.74, 6) is -0.214. The average molecular weight is 129 g/mol. The Morgan fingerprint density at radius 2 is 2.50 bits per heavy atom. The minimum Gasteiger partial charge on any atom is -0.493 e. The van der Waals surface area contributed by atoms with Crippen LogP contribution >= 0.6 is 11.3 Å². The van der Waals surface area contributed by atoms with E-state index in [9.17, 15) is 4.79 Å². The monoisotopic (exact) mass is 129 g/mol. The van der Waals surface area contributed by atoms with Gasteiger partial charge in [0.25, 0.3) is 0 Å². The van der Waals surface area contributed by atoms with E-state index in [-0.39, 0.29) is 10.6 Å². The highest BCUT2D eigenvalue weighted by Gasteiger charge is 1.85. The van der Waals surface area contributed by atoms with Gasteiger partial charge in [-0.15, -0.1) is 0 Å². The molecule has 0 spiro atoms. The van der Waals surface area contributed by atoms with Gasteiger partial charge in [-0.25, -0.2) is 4.98 Å². The average Bonchev–Trinajstić information content (AvgIpc) is 1.64. The van der Waals surface area contributed by atoms with E-state index in [0.29, 0.717) is 0 Å². The summed E-state index contributed by atoms with van der Waals surface area (Å²) in [4.78, 5) is 13.7. The van der Waals surface area contributed by atoms with Crippen LogP contribution in [0.25, 0.3) is 0 Å². The van der Waals surface area contributed by atoms with Crippen molar-refractivity contribution >= 4 is 11.3 Å². The van der Waals surface area contributed by atoms with Crippen LogP contribution in [0, 0.1) is 0 Å². The Morgan fingerprint density at radius 1 is 1.75 bits per heavy atom. The molecule has 0 aromatic carbocycles. The van der Waals surface area contributed by atoms with Crippen LogP contribution in [0.5, 0.6) is 5.88 Å². The van der Waals surface area contributed by atoms with Crippen molar-refractivity contribution < 1.29 is 5.11 Å². The Balaban J connectivity index is 3.28. The third-order valence-corrected chi connectivity index (χ3v) is 1.16. The predicted octanol–water partition coefficient (Wildman–Crippen LogP) is 0.209. The van der Waals surface area contributed by atoms with Crippen LogP contribution in [-0.2, 0) is 0 Å². The molecule has 0 aliphatic heterocycles. The molecule has 0 bridgehead atoms. The van der Waals surface area contributed by atoms with Gasteiger partial charge in [0.1, 0.15) is 0 Å². The molecule has 0 unspecified atom stereocenters.